The number of fused-ring (bicyclic) bond motifs is 5. The first-order chi connectivity index (χ1) is 18.6. The first-order valence-electron chi connectivity index (χ1n) is 16.2. The van der Waals surface area contributed by atoms with Gasteiger partial charge in [0.25, 0.3) is 0 Å². The van der Waals surface area contributed by atoms with Gasteiger partial charge in [-0.1, -0.05) is 89.3 Å². The largest absolute Gasteiger partial charge is 0.352 e. The Balaban J connectivity index is 1.24. The van der Waals surface area contributed by atoms with Crippen LogP contribution in [0.1, 0.15) is 116 Å². The minimum absolute atomic E-state index is 0.181. The van der Waals surface area contributed by atoms with Gasteiger partial charge >= 0.3 is 0 Å². The van der Waals surface area contributed by atoms with E-state index in [0.717, 1.165) is 47.0 Å². The second kappa shape index (κ2) is 10.3. The van der Waals surface area contributed by atoms with Gasteiger partial charge in [0, 0.05) is 5.70 Å². The molecule has 0 amide bonds. The highest BCUT2D eigenvalue weighted by atomic mass is 32.1. The summed E-state index contributed by atoms with van der Waals surface area (Å²) in [4.78, 5) is 0. The third-order valence-corrected chi connectivity index (χ3v) is 12.7. The van der Waals surface area contributed by atoms with E-state index in [1.165, 1.54) is 80.2 Å². The van der Waals surface area contributed by atoms with Gasteiger partial charge in [0.2, 0.25) is 0 Å². The monoisotopic (exact) mass is 544 g/mol. The van der Waals surface area contributed by atoms with Gasteiger partial charge in [0.15, 0.2) is 5.11 Å². The molecule has 6 rings (SSSR count). The fraction of sp³-hybridized carbons (Fsp3) is 0.694. The fourth-order valence-electron chi connectivity index (χ4n) is 10.4. The van der Waals surface area contributed by atoms with Crippen LogP contribution in [0.15, 0.2) is 47.2 Å². The summed E-state index contributed by atoms with van der Waals surface area (Å²) in [5.41, 5.74) is 7.98. The van der Waals surface area contributed by atoms with Crippen molar-refractivity contribution in [1.82, 2.24) is 10.6 Å². The lowest BCUT2D eigenvalue weighted by atomic mass is 9.46. The summed E-state index contributed by atoms with van der Waals surface area (Å²) in [5, 5.41) is 7.98. The molecule has 4 aliphatic carbocycles. The summed E-state index contributed by atoms with van der Waals surface area (Å²) >= 11 is 5.69. The zero-order valence-corrected chi connectivity index (χ0v) is 26.2. The summed E-state index contributed by atoms with van der Waals surface area (Å²) in [6.45, 7) is 14.9. The number of rotatable bonds is 6. The van der Waals surface area contributed by atoms with E-state index in [1.807, 2.05) is 0 Å². The lowest BCUT2D eigenvalue weighted by Crippen LogP contribution is -2.52. The van der Waals surface area contributed by atoms with Crippen molar-refractivity contribution in [3.05, 3.63) is 58.3 Å². The Morgan fingerprint density at radius 3 is 2.49 bits per heavy atom. The second-order valence-electron chi connectivity index (χ2n) is 15.1. The Bertz CT molecular complexity index is 1160. The molecule has 4 unspecified atom stereocenters. The Hall–Kier alpha value is -1.61. The first kappa shape index (κ1) is 27.6. The number of aryl methyl sites for hydroxylation is 1. The molecule has 0 radical (unpaired) electrons. The van der Waals surface area contributed by atoms with E-state index in [-0.39, 0.29) is 11.5 Å². The van der Waals surface area contributed by atoms with Crippen LogP contribution in [0.3, 0.4) is 0 Å². The predicted octanol–water partition coefficient (Wildman–Crippen LogP) is 9.42. The number of nitrogens with one attached hydrogen (secondary N) is 2. The standard InChI is InChI=1S/C36H52N2S/c1-22(2)8-7-9-24(4)29-16-17-30-27-15-14-26-20-32-28(21-36(26,6)31(27)18-19-35(29,30)5)33(38-34(39)37-32)25-12-10-23(3)11-13-25/h10-13,20,22,24,27,29-31,33H,7-9,14-19,21H2,1-6H3,(H2,37,38,39)/t24-,27?,29-,30?,31?,33?,35-,36+/m1/s1. The number of allylic oxidation sites excluding steroid dienone is 2. The quantitative estimate of drug-likeness (QED) is 0.349. The van der Waals surface area contributed by atoms with Crippen molar-refractivity contribution < 1.29 is 0 Å². The maximum absolute atomic E-state index is 5.69. The molecule has 212 valence electrons. The number of benzene rings is 1. The lowest BCUT2D eigenvalue weighted by Gasteiger charge is -2.59. The molecular weight excluding hydrogens is 492 g/mol. The molecule has 0 spiro atoms. The van der Waals surface area contributed by atoms with E-state index >= 15 is 0 Å². The van der Waals surface area contributed by atoms with E-state index < -0.39 is 0 Å². The van der Waals surface area contributed by atoms with Crippen molar-refractivity contribution in [2.45, 2.75) is 112 Å². The molecule has 5 aliphatic rings. The zero-order chi connectivity index (χ0) is 27.5. The topological polar surface area (TPSA) is 24.1 Å². The number of thiocarbonyl (C=S) groups is 1. The second-order valence-corrected chi connectivity index (χ2v) is 15.5. The van der Waals surface area contributed by atoms with Crippen LogP contribution in [0.2, 0.25) is 0 Å². The van der Waals surface area contributed by atoms with Crippen molar-refractivity contribution in [1.29, 1.82) is 0 Å². The average Bonchev–Trinajstić information content (AvgIpc) is 3.25. The van der Waals surface area contributed by atoms with E-state index in [4.69, 9.17) is 12.2 Å². The first-order valence-corrected chi connectivity index (χ1v) is 16.6. The Morgan fingerprint density at radius 2 is 1.74 bits per heavy atom. The Kier molecular flexibility index (Phi) is 7.31. The molecule has 1 aromatic rings. The minimum atomic E-state index is 0.181. The molecule has 8 atom stereocenters. The van der Waals surface area contributed by atoms with Crippen molar-refractivity contribution in [2.75, 3.05) is 0 Å². The molecular formula is C36H52N2S. The molecule has 2 nitrogen and oxygen atoms in total. The summed E-state index contributed by atoms with van der Waals surface area (Å²) in [5.74, 6) is 5.28. The highest BCUT2D eigenvalue weighted by molar-refractivity contribution is 7.80. The third-order valence-electron chi connectivity index (χ3n) is 12.4. The molecule has 2 N–H and O–H groups in total. The Labute approximate surface area is 243 Å². The molecule has 1 heterocycles. The van der Waals surface area contributed by atoms with Crippen LogP contribution in [0.4, 0.5) is 0 Å². The van der Waals surface area contributed by atoms with E-state index in [2.05, 4.69) is 82.5 Å². The van der Waals surface area contributed by atoms with Crippen molar-refractivity contribution in [3.63, 3.8) is 0 Å². The summed E-state index contributed by atoms with van der Waals surface area (Å²) in [6.07, 6.45) is 16.4. The molecule has 0 aromatic heterocycles. The third kappa shape index (κ3) is 4.73. The van der Waals surface area contributed by atoms with Crippen LogP contribution in [0.25, 0.3) is 0 Å². The van der Waals surface area contributed by atoms with Crippen molar-refractivity contribution in [2.24, 2.45) is 46.3 Å². The van der Waals surface area contributed by atoms with Gasteiger partial charge in [-0.3, -0.25) is 0 Å². The van der Waals surface area contributed by atoms with Crippen LogP contribution in [0, 0.1) is 53.3 Å². The van der Waals surface area contributed by atoms with Gasteiger partial charge in [-0.15, -0.1) is 0 Å². The van der Waals surface area contributed by atoms with Crippen molar-refractivity contribution in [3.8, 4) is 0 Å². The van der Waals surface area contributed by atoms with E-state index in [0.29, 0.717) is 5.41 Å². The minimum Gasteiger partial charge on any atom is -0.352 e. The van der Waals surface area contributed by atoms with Crippen LogP contribution in [0.5, 0.6) is 0 Å². The lowest BCUT2D eigenvalue weighted by molar-refractivity contribution is -0.0560. The van der Waals surface area contributed by atoms with Crippen molar-refractivity contribution >= 4 is 17.3 Å². The SMILES string of the molecule is Cc1ccc(C2NC(=S)NC3=C2C[C@@]2(C)C(=C3)CCC3C2CC[C@@]2(C)C3CC[C@@H]2[C@H](C)CCCC(C)C)cc1. The highest BCUT2D eigenvalue weighted by Crippen LogP contribution is 2.68. The number of hydrogen-bond donors (Lipinski definition) is 2. The smallest absolute Gasteiger partial charge is 0.171 e. The predicted molar refractivity (Wildman–Crippen MR) is 168 cm³/mol. The Morgan fingerprint density at radius 1 is 0.974 bits per heavy atom. The molecule has 39 heavy (non-hydrogen) atoms. The maximum Gasteiger partial charge on any atom is 0.171 e. The normalized spacial score (nSPS) is 38.2. The zero-order valence-electron chi connectivity index (χ0n) is 25.4. The summed E-state index contributed by atoms with van der Waals surface area (Å²) in [7, 11) is 0. The average molecular weight is 545 g/mol. The van der Waals surface area contributed by atoms with Gasteiger partial charge in [0.1, 0.15) is 0 Å². The van der Waals surface area contributed by atoms with Crippen LogP contribution in [-0.2, 0) is 0 Å². The molecule has 0 saturated heterocycles. The fourth-order valence-corrected chi connectivity index (χ4v) is 10.6. The van der Waals surface area contributed by atoms with Crippen LogP contribution < -0.4 is 10.6 Å². The van der Waals surface area contributed by atoms with Gasteiger partial charge in [-0.2, -0.15) is 0 Å². The van der Waals surface area contributed by atoms with Gasteiger partial charge in [-0.05, 0) is 128 Å². The number of hydrogen-bond acceptors (Lipinski definition) is 1. The van der Waals surface area contributed by atoms with E-state index in [1.54, 1.807) is 5.57 Å². The molecule has 3 saturated carbocycles. The molecule has 0 bridgehead atoms. The van der Waals surface area contributed by atoms with Gasteiger partial charge in [-0.25, -0.2) is 0 Å². The molecule has 1 aromatic carbocycles. The molecule has 3 fully saturated rings. The molecule has 1 aliphatic heterocycles. The maximum atomic E-state index is 5.69. The summed E-state index contributed by atoms with van der Waals surface area (Å²) < 4.78 is 0. The molecule has 3 heteroatoms. The van der Waals surface area contributed by atoms with Crippen LogP contribution in [-0.4, -0.2) is 5.11 Å². The van der Waals surface area contributed by atoms with E-state index in [9.17, 15) is 0 Å². The summed E-state index contributed by atoms with van der Waals surface area (Å²) in [6, 6.07) is 9.26. The van der Waals surface area contributed by atoms with Gasteiger partial charge < -0.3 is 10.6 Å². The van der Waals surface area contributed by atoms with Crippen LogP contribution >= 0.6 is 12.2 Å². The van der Waals surface area contributed by atoms with Gasteiger partial charge in [0.05, 0.1) is 6.04 Å². The highest BCUT2D eigenvalue weighted by Gasteiger charge is 2.59.